The summed E-state index contributed by atoms with van der Waals surface area (Å²) in [6.07, 6.45) is 3.00. The summed E-state index contributed by atoms with van der Waals surface area (Å²) in [6, 6.07) is 9.28. The van der Waals surface area contributed by atoms with Gasteiger partial charge in [0.2, 0.25) is 5.69 Å². The lowest BCUT2D eigenvalue weighted by atomic mass is 10.2. The molecule has 0 spiro atoms. The molecule has 1 heterocycles. The molecule has 2 aromatic rings. The molecule has 4 nitrogen and oxygen atoms in total. The van der Waals surface area contributed by atoms with Crippen molar-refractivity contribution in [2.24, 2.45) is 0 Å². The summed E-state index contributed by atoms with van der Waals surface area (Å²) < 4.78 is 1.42. The number of aromatic nitrogens is 2. The SMILES string of the molecule is Cc1cccc(-n2ccnc(C#N)c2=O)c1. The van der Waals surface area contributed by atoms with Gasteiger partial charge >= 0.3 is 0 Å². The minimum Gasteiger partial charge on any atom is -0.280 e. The summed E-state index contributed by atoms with van der Waals surface area (Å²) in [6.45, 7) is 1.95. The Morgan fingerprint density at radius 3 is 2.94 bits per heavy atom. The van der Waals surface area contributed by atoms with Crippen LogP contribution in [0.2, 0.25) is 0 Å². The van der Waals surface area contributed by atoms with Crippen molar-refractivity contribution < 1.29 is 0 Å². The standard InChI is InChI=1S/C12H9N3O/c1-9-3-2-4-10(7-9)15-6-5-14-11(8-13)12(15)16/h2-7H,1H3. The average Bonchev–Trinajstić information content (AvgIpc) is 2.29. The van der Waals surface area contributed by atoms with Crippen molar-refractivity contribution in [3.63, 3.8) is 0 Å². The molecular formula is C12H9N3O. The molecule has 0 atom stereocenters. The fourth-order valence-corrected chi connectivity index (χ4v) is 1.47. The lowest BCUT2D eigenvalue weighted by Crippen LogP contribution is -2.21. The molecule has 0 amide bonds. The Kier molecular flexibility index (Phi) is 2.52. The number of nitrogens with zero attached hydrogens (tertiary/aromatic N) is 3. The van der Waals surface area contributed by atoms with Gasteiger partial charge in [0.25, 0.3) is 5.56 Å². The maximum Gasteiger partial charge on any atom is 0.291 e. The fourth-order valence-electron chi connectivity index (χ4n) is 1.47. The molecule has 0 radical (unpaired) electrons. The van der Waals surface area contributed by atoms with Crippen molar-refractivity contribution in [1.29, 1.82) is 5.26 Å². The van der Waals surface area contributed by atoms with Gasteiger partial charge in [0, 0.05) is 18.1 Å². The maximum atomic E-state index is 11.8. The van der Waals surface area contributed by atoms with E-state index in [9.17, 15) is 4.79 Å². The molecule has 0 aliphatic carbocycles. The van der Waals surface area contributed by atoms with Gasteiger partial charge in [-0.05, 0) is 24.6 Å². The Bertz CT molecular complexity index is 623. The molecule has 0 unspecified atom stereocenters. The molecule has 2 rings (SSSR count). The van der Waals surface area contributed by atoms with Gasteiger partial charge in [-0.2, -0.15) is 5.26 Å². The number of hydrogen-bond acceptors (Lipinski definition) is 3. The molecule has 0 bridgehead atoms. The second-order valence-corrected chi connectivity index (χ2v) is 3.40. The van der Waals surface area contributed by atoms with Gasteiger partial charge in [0.1, 0.15) is 6.07 Å². The van der Waals surface area contributed by atoms with Crippen LogP contribution in [0.1, 0.15) is 11.3 Å². The number of aryl methyl sites for hydroxylation is 1. The molecule has 16 heavy (non-hydrogen) atoms. The molecule has 0 aliphatic heterocycles. The van der Waals surface area contributed by atoms with Gasteiger partial charge in [-0.15, -0.1) is 0 Å². The first-order valence-electron chi connectivity index (χ1n) is 4.77. The molecule has 0 saturated carbocycles. The van der Waals surface area contributed by atoms with E-state index in [4.69, 9.17) is 5.26 Å². The van der Waals surface area contributed by atoms with E-state index in [1.54, 1.807) is 12.3 Å². The molecule has 0 N–H and O–H groups in total. The van der Waals surface area contributed by atoms with Gasteiger partial charge in [-0.25, -0.2) is 4.98 Å². The number of benzene rings is 1. The van der Waals surface area contributed by atoms with Crippen molar-refractivity contribution in [2.75, 3.05) is 0 Å². The average molecular weight is 211 g/mol. The zero-order chi connectivity index (χ0) is 11.5. The van der Waals surface area contributed by atoms with Crippen molar-refractivity contribution in [2.45, 2.75) is 6.92 Å². The smallest absolute Gasteiger partial charge is 0.280 e. The fraction of sp³-hybridized carbons (Fsp3) is 0.0833. The molecule has 0 fully saturated rings. The van der Waals surface area contributed by atoms with Crippen LogP contribution in [0.15, 0.2) is 41.5 Å². The van der Waals surface area contributed by atoms with Gasteiger partial charge < -0.3 is 0 Å². The normalized spacial score (nSPS) is 9.75. The van der Waals surface area contributed by atoms with Crippen LogP contribution in [0.3, 0.4) is 0 Å². The minimum atomic E-state index is -0.393. The quantitative estimate of drug-likeness (QED) is 0.716. The zero-order valence-electron chi connectivity index (χ0n) is 8.71. The minimum absolute atomic E-state index is 0.0935. The van der Waals surface area contributed by atoms with Crippen LogP contribution in [-0.4, -0.2) is 9.55 Å². The van der Waals surface area contributed by atoms with E-state index >= 15 is 0 Å². The lowest BCUT2D eigenvalue weighted by Gasteiger charge is -2.05. The molecular weight excluding hydrogens is 202 g/mol. The van der Waals surface area contributed by atoms with Gasteiger partial charge in [0.05, 0.1) is 0 Å². The summed E-state index contributed by atoms with van der Waals surface area (Å²) in [4.78, 5) is 15.5. The molecule has 0 aliphatic rings. The maximum absolute atomic E-state index is 11.8. The summed E-state index contributed by atoms with van der Waals surface area (Å²) >= 11 is 0. The monoisotopic (exact) mass is 211 g/mol. The Morgan fingerprint density at radius 2 is 2.25 bits per heavy atom. The van der Waals surface area contributed by atoms with E-state index in [-0.39, 0.29) is 5.69 Å². The second-order valence-electron chi connectivity index (χ2n) is 3.40. The van der Waals surface area contributed by atoms with Crippen LogP contribution < -0.4 is 5.56 Å². The van der Waals surface area contributed by atoms with Gasteiger partial charge in [-0.3, -0.25) is 9.36 Å². The van der Waals surface area contributed by atoms with Crippen LogP contribution in [0.5, 0.6) is 0 Å². The molecule has 1 aromatic heterocycles. The first kappa shape index (κ1) is 10.1. The third kappa shape index (κ3) is 1.71. The van der Waals surface area contributed by atoms with Crippen molar-refractivity contribution in [3.8, 4) is 11.8 Å². The highest BCUT2D eigenvalue weighted by Crippen LogP contribution is 2.07. The second kappa shape index (κ2) is 3.99. The predicted octanol–water partition coefficient (Wildman–Crippen LogP) is 1.41. The van der Waals surface area contributed by atoms with Crippen LogP contribution >= 0.6 is 0 Å². The van der Waals surface area contributed by atoms with Crippen LogP contribution in [0.4, 0.5) is 0 Å². The Labute approximate surface area is 92.4 Å². The van der Waals surface area contributed by atoms with Crippen molar-refractivity contribution in [1.82, 2.24) is 9.55 Å². The van der Waals surface area contributed by atoms with Crippen LogP contribution in [0.25, 0.3) is 5.69 Å². The van der Waals surface area contributed by atoms with E-state index in [2.05, 4.69) is 4.98 Å². The van der Waals surface area contributed by atoms with Crippen LogP contribution in [0, 0.1) is 18.3 Å². The third-order valence-corrected chi connectivity index (χ3v) is 2.23. The number of nitriles is 1. The lowest BCUT2D eigenvalue weighted by molar-refractivity contribution is 0.941. The Balaban J connectivity index is 2.67. The molecule has 78 valence electrons. The van der Waals surface area contributed by atoms with Crippen molar-refractivity contribution in [3.05, 3.63) is 58.3 Å². The summed E-state index contributed by atoms with van der Waals surface area (Å²) in [5, 5.41) is 8.72. The number of hydrogen-bond donors (Lipinski definition) is 0. The molecule has 1 aromatic carbocycles. The predicted molar refractivity (Wildman–Crippen MR) is 59.3 cm³/mol. The zero-order valence-corrected chi connectivity index (χ0v) is 8.71. The van der Waals surface area contributed by atoms with Gasteiger partial charge in [0.15, 0.2) is 0 Å². The van der Waals surface area contributed by atoms with Crippen LogP contribution in [-0.2, 0) is 0 Å². The highest BCUT2D eigenvalue weighted by Gasteiger charge is 2.04. The largest absolute Gasteiger partial charge is 0.291 e. The Hall–Kier alpha value is -2.41. The van der Waals surface area contributed by atoms with E-state index in [1.165, 1.54) is 10.8 Å². The number of rotatable bonds is 1. The molecule has 4 heteroatoms. The first-order chi connectivity index (χ1) is 7.72. The summed E-state index contributed by atoms with van der Waals surface area (Å²) in [7, 11) is 0. The Morgan fingerprint density at radius 1 is 1.44 bits per heavy atom. The van der Waals surface area contributed by atoms with E-state index in [0.717, 1.165) is 11.3 Å². The third-order valence-electron chi connectivity index (χ3n) is 2.23. The summed E-state index contributed by atoms with van der Waals surface area (Å²) in [5.41, 5.74) is 1.31. The molecule has 0 saturated heterocycles. The van der Waals surface area contributed by atoms with E-state index < -0.39 is 5.56 Å². The van der Waals surface area contributed by atoms with Gasteiger partial charge in [-0.1, -0.05) is 12.1 Å². The topological polar surface area (TPSA) is 58.7 Å². The highest BCUT2D eigenvalue weighted by atomic mass is 16.1. The van der Waals surface area contributed by atoms with Crippen molar-refractivity contribution >= 4 is 0 Å². The first-order valence-corrected chi connectivity index (χ1v) is 4.77. The highest BCUT2D eigenvalue weighted by molar-refractivity contribution is 5.36. The van der Waals surface area contributed by atoms with E-state index in [0.29, 0.717) is 0 Å². The van der Waals surface area contributed by atoms with E-state index in [1.807, 2.05) is 31.2 Å². The summed E-state index contributed by atoms with van der Waals surface area (Å²) in [5.74, 6) is 0.